The van der Waals surface area contributed by atoms with Crippen molar-refractivity contribution < 1.29 is 4.74 Å². The quantitative estimate of drug-likeness (QED) is 0.914. The van der Waals surface area contributed by atoms with E-state index < -0.39 is 0 Å². The summed E-state index contributed by atoms with van der Waals surface area (Å²) >= 11 is 0. The highest BCUT2D eigenvalue weighted by Gasteiger charge is 2.06. The lowest BCUT2D eigenvalue weighted by atomic mass is 10.1. The molecule has 4 nitrogen and oxygen atoms in total. The summed E-state index contributed by atoms with van der Waals surface area (Å²) in [6, 6.07) is 7.94. The van der Waals surface area contributed by atoms with Crippen LogP contribution in [0.4, 0.5) is 0 Å². The van der Waals surface area contributed by atoms with Gasteiger partial charge in [0.05, 0.1) is 18.3 Å². The molecule has 0 amide bonds. The fourth-order valence-corrected chi connectivity index (χ4v) is 1.85. The third kappa shape index (κ3) is 3.29. The molecule has 100 valence electrons. The second-order valence-corrected chi connectivity index (χ2v) is 4.71. The van der Waals surface area contributed by atoms with Gasteiger partial charge in [-0.15, -0.1) is 0 Å². The average Bonchev–Trinajstić information content (AvgIpc) is 2.40. The first-order chi connectivity index (χ1) is 9.10. The maximum Gasteiger partial charge on any atom is 0.142 e. The van der Waals surface area contributed by atoms with E-state index in [2.05, 4.69) is 16.0 Å². The Morgan fingerprint density at radius 1 is 1.26 bits per heavy atom. The van der Waals surface area contributed by atoms with E-state index in [1.54, 1.807) is 6.20 Å². The summed E-state index contributed by atoms with van der Waals surface area (Å²) in [7, 11) is 0. The summed E-state index contributed by atoms with van der Waals surface area (Å²) in [6.07, 6.45) is 1.91. The fraction of sp³-hybridized carbons (Fsp3) is 0.333. The second kappa shape index (κ2) is 5.80. The van der Waals surface area contributed by atoms with Crippen LogP contribution in [0, 0.1) is 6.92 Å². The molecular weight excluding hydrogens is 238 g/mol. The lowest BCUT2D eigenvalue weighted by molar-refractivity contribution is 0.241. The molecule has 0 saturated heterocycles. The summed E-state index contributed by atoms with van der Waals surface area (Å²) in [5.74, 6) is 1.56. The first-order valence-electron chi connectivity index (χ1n) is 6.40. The number of rotatable bonds is 4. The van der Waals surface area contributed by atoms with Crippen LogP contribution in [0.3, 0.4) is 0 Å². The largest absolute Gasteiger partial charge is 0.491 e. The van der Waals surface area contributed by atoms with Gasteiger partial charge in [0.2, 0.25) is 0 Å². The average molecular weight is 257 g/mol. The number of aromatic nitrogens is 2. The van der Waals surface area contributed by atoms with E-state index in [9.17, 15) is 0 Å². The van der Waals surface area contributed by atoms with E-state index in [1.807, 2.05) is 39.0 Å². The molecule has 0 aliphatic carbocycles. The third-order valence-electron chi connectivity index (χ3n) is 2.72. The molecule has 0 aliphatic rings. The zero-order valence-electron chi connectivity index (χ0n) is 11.6. The molecular formula is C15H19N3O. The maximum atomic E-state index is 5.73. The highest BCUT2D eigenvalue weighted by Crippen LogP contribution is 2.25. The molecule has 2 N–H and O–H groups in total. The Bertz CT molecular complexity index is 567. The number of ether oxygens (including phenoxy) is 1. The molecule has 4 heteroatoms. The summed E-state index contributed by atoms with van der Waals surface area (Å²) in [6.45, 7) is 6.42. The molecule has 19 heavy (non-hydrogen) atoms. The van der Waals surface area contributed by atoms with Crippen molar-refractivity contribution in [2.24, 2.45) is 5.73 Å². The smallest absolute Gasteiger partial charge is 0.142 e. The molecule has 0 bridgehead atoms. The first-order valence-corrected chi connectivity index (χ1v) is 6.40. The van der Waals surface area contributed by atoms with Gasteiger partial charge in [-0.3, -0.25) is 0 Å². The van der Waals surface area contributed by atoms with Gasteiger partial charge in [0.15, 0.2) is 0 Å². The molecule has 1 aromatic heterocycles. The minimum absolute atomic E-state index is 0.174. The molecule has 0 unspecified atom stereocenters. The number of hydrogen-bond donors (Lipinski definition) is 1. The van der Waals surface area contributed by atoms with Crippen molar-refractivity contribution in [3.8, 4) is 17.0 Å². The van der Waals surface area contributed by atoms with E-state index in [1.165, 1.54) is 0 Å². The van der Waals surface area contributed by atoms with E-state index in [0.29, 0.717) is 12.4 Å². The van der Waals surface area contributed by atoms with Crippen LogP contribution < -0.4 is 10.5 Å². The Morgan fingerprint density at radius 2 is 2.05 bits per heavy atom. The van der Waals surface area contributed by atoms with Crippen LogP contribution in [0.25, 0.3) is 11.3 Å². The lowest BCUT2D eigenvalue weighted by Crippen LogP contribution is -2.06. The van der Waals surface area contributed by atoms with Gasteiger partial charge in [-0.2, -0.15) is 0 Å². The van der Waals surface area contributed by atoms with Crippen molar-refractivity contribution in [1.82, 2.24) is 9.97 Å². The fourth-order valence-electron chi connectivity index (χ4n) is 1.85. The summed E-state index contributed by atoms with van der Waals surface area (Å²) < 4.78 is 5.73. The number of nitrogens with zero attached hydrogens (tertiary/aromatic N) is 2. The predicted octanol–water partition coefficient (Wildman–Crippen LogP) is 2.70. The second-order valence-electron chi connectivity index (χ2n) is 4.71. The van der Waals surface area contributed by atoms with Gasteiger partial charge in [0, 0.05) is 11.8 Å². The molecule has 0 saturated carbocycles. The van der Waals surface area contributed by atoms with E-state index in [-0.39, 0.29) is 6.10 Å². The van der Waals surface area contributed by atoms with Gasteiger partial charge < -0.3 is 10.5 Å². The molecule has 0 aliphatic heterocycles. The number of nitrogens with two attached hydrogens (primary N) is 1. The van der Waals surface area contributed by atoms with Gasteiger partial charge in [-0.25, -0.2) is 9.97 Å². The normalized spacial score (nSPS) is 10.8. The Balaban J connectivity index is 2.33. The molecule has 0 radical (unpaired) electrons. The minimum atomic E-state index is 0.174. The van der Waals surface area contributed by atoms with Gasteiger partial charge in [0.25, 0.3) is 0 Å². The summed E-state index contributed by atoms with van der Waals surface area (Å²) in [5, 5.41) is 0. The van der Waals surface area contributed by atoms with Gasteiger partial charge >= 0.3 is 0 Å². The zero-order valence-corrected chi connectivity index (χ0v) is 11.6. The van der Waals surface area contributed by atoms with Crippen LogP contribution in [0.1, 0.15) is 25.2 Å². The first kappa shape index (κ1) is 13.5. The highest BCUT2D eigenvalue weighted by molar-refractivity contribution is 5.61. The molecule has 0 spiro atoms. The Hall–Kier alpha value is -1.94. The van der Waals surface area contributed by atoms with Crippen molar-refractivity contribution in [3.63, 3.8) is 0 Å². The van der Waals surface area contributed by atoms with Gasteiger partial charge in [-0.1, -0.05) is 0 Å². The van der Waals surface area contributed by atoms with Crippen LogP contribution in [0.2, 0.25) is 0 Å². The monoisotopic (exact) mass is 257 g/mol. The Labute approximate surface area is 113 Å². The van der Waals surface area contributed by atoms with Crippen LogP contribution in [0.15, 0.2) is 30.5 Å². The summed E-state index contributed by atoms with van der Waals surface area (Å²) in [5.41, 5.74) is 8.59. The molecule has 1 aromatic carbocycles. The van der Waals surface area contributed by atoms with Crippen molar-refractivity contribution in [3.05, 3.63) is 41.9 Å². The van der Waals surface area contributed by atoms with Crippen molar-refractivity contribution in [1.29, 1.82) is 0 Å². The molecule has 2 rings (SSSR count). The topological polar surface area (TPSA) is 61.0 Å². The van der Waals surface area contributed by atoms with Crippen molar-refractivity contribution in [2.75, 3.05) is 0 Å². The lowest BCUT2D eigenvalue weighted by Gasteiger charge is -2.13. The van der Waals surface area contributed by atoms with E-state index in [0.717, 1.165) is 22.6 Å². The molecule has 2 aromatic rings. The minimum Gasteiger partial charge on any atom is -0.491 e. The van der Waals surface area contributed by atoms with Gasteiger partial charge in [-0.05, 0) is 50.6 Å². The van der Waals surface area contributed by atoms with Crippen molar-refractivity contribution in [2.45, 2.75) is 33.4 Å². The Kier molecular flexibility index (Phi) is 4.12. The van der Waals surface area contributed by atoms with Crippen LogP contribution in [-0.2, 0) is 6.54 Å². The predicted molar refractivity (Wildman–Crippen MR) is 75.9 cm³/mol. The molecule has 1 heterocycles. The molecule has 0 atom stereocenters. The van der Waals surface area contributed by atoms with Crippen LogP contribution >= 0.6 is 0 Å². The number of benzene rings is 1. The SMILES string of the molecule is Cc1cc(-c2ccnc(CN)n2)ccc1OC(C)C. The van der Waals surface area contributed by atoms with Crippen LogP contribution in [-0.4, -0.2) is 16.1 Å². The van der Waals surface area contributed by atoms with E-state index >= 15 is 0 Å². The van der Waals surface area contributed by atoms with Crippen molar-refractivity contribution >= 4 is 0 Å². The third-order valence-corrected chi connectivity index (χ3v) is 2.72. The molecule has 0 fully saturated rings. The number of aryl methyl sites for hydroxylation is 1. The maximum absolute atomic E-state index is 5.73. The summed E-state index contributed by atoms with van der Waals surface area (Å²) in [4.78, 5) is 8.52. The highest BCUT2D eigenvalue weighted by atomic mass is 16.5. The zero-order chi connectivity index (χ0) is 13.8. The Morgan fingerprint density at radius 3 is 2.68 bits per heavy atom. The van der Waals surface area contributed by atoms with E-state index in [4.69, 9.17) is 10.5 Å². The number of hydrogen-bond acceptors (Lipinski definition) is 4. The van der Waals surface area contributed by atoms with Gasteiger partial charge in [0.1, 0.15) is 11.6 Å². The standard InChI is InChI=1S/C15H19N3O/c1-10(2)19-14-5-4-12(8-11(14)3)13-6-7-17-15(9-16)18-13/h4-8,10H,9,16H2,1-3H3. The van der Waals surface area contributed by atoms with Crippen LogP contribution in [0.5, 0.6) is 5.75 Å².